The highest BCUT2D eigenvalue weighted by atomic mass is 32.2. The Balaban J connectivity index is 2.04. The van der Waals surface area contributed by atoms with Crippen LogP contribution in [0.4, 0.5) is 0 Å². The maximum absolute atomic E-state index is 13.3. The van der Waals surface area contributed by atoms with Crippen LogP contribution in [0.5, 0.6) is 11.5 Å². The summed E-state index contributed by atoms with van der Waals surface area (Å²) in [5, 5.41) is 1.13. The Labute approximate surface area is 200 Å². The molecule has 0 aliphatic rings. The van der Waals surface area contributed by atoms with Gasteiger partial charge in [0.1, 0.15) is 0 Å². The molecule has 4 rings (SSSR count). The lowest BCUT2D eigenvalue weighted by atomic mass is 9.93. The normalized spacial score (nSPS) is 11.9. The monoisotopic (exact) mass is 479 g/mol. The van der Waals surface area contributed by atoms with E-state index >= 15 is 0 Å². The van der Waals surface area contributed by atoms with Gasteiger partial charge in [-0.2, -0.15) is 0 Å². The van der Waals surface area contributed by atoms with Gasteiger partial charge in [0.25, 0.3) is 0 Å². The predicted molar refractivity (Wildman–Crippen MR) is 130 cm³/mol. The molecule has 0 aliphatic heterocycles. The van der Waals surface area contributed by atoms with E-state index in [0.717, 1.165) is 5.39 Å². The van der Waals surface area contributed by atoms with E-state index in [0.29, 0.717) is 39.0 Å². The molecule has 0 radical (unpaired) electrons. The smallest absolute Gasteiger partial charge is 0.340 e. The number of imidazole rings is 1. The second-order valence-electron chi connectivity index (χ2n) is 7.40. The molecule has 0 saturated heterocycles. The molecule has 0 fully saturated rings. The Kier molecular flexibility index (Phi) is 6.93. The first kappa shape index (κ1) is 23.4. The minimum atomic E-state index is -1.54. The molecular formula is C25H25N3O5S. The number of carbonyl (C=O) groups excluding carboxylic acids is 1. The molecule has 0 bridgehead atoms. The first-order valence-corrected chi connectivity index (χ1v) is 12.0. The zero-order valence-electron chi connectivity index (χ0n) is 19.4. The van der Waals surface area contributed by atoms with Gasteiger partial charge in [-0.3, -0.25) is 9.19 Å². The molecule has 2 heterocycles. The topological polar surface area (TPSA) is 92.5 Å². The van der Waals surface area contributed by atoms with Gasteiger partial charge in [0, 0.05) is 36.0 Å². The lowest BCUT2D eigenvalue weighted by Gasteiger charge is -2.19. The second kappa shape index (κ2) is 10.0. The van der Waals surface area contributed by atoms with E-state index in [-0.39, 0.29) is 17.9 Å². The van der Waals surface area contributed by atoms with Gasteiger partial charge < -0.3 is 18.8 Å². The van der Waals surface area contributed by atoms with Gasteiger partial charge in [-0.25, -0.2) is 9.78 Å². The number of hydrogen-bond donors (Lipinski definition) is 0. The second-order valence-corrected chi connectivity index (χ2v) is 8.74. The minimum Gasteiger partial charge on any atom is -0.493 e. The molecular weight excluding hydrogens is 454 g/mol. The van der Waals surface area contributed by atoms with Crippen LogP contribution >= 0.6 is 0 Å². The summed E-state index contributed by atoms with van der Waals surface area (Å²) in [4.78, 5) is 22.3. The summed E-state index contributed by atoms with van der Waals surface area (Å²) in [6.45, 7) is 1.92. The Morgan fingerprint density at radius 1 is 1.09 bits per heavy atom. The first-order chi connectivity index (χ1) is 16.5. The van der Waals surface area contributed by atoms with Crippen LogP contribution in [0, 0.1) is 0 Å². The Morgan fingerprint density at radius 2 is 1.88 bits per heavy atom. The number of ether oxygens (including phenoxy) is 3. The zero-order valence-corrected chi connectivity index (χ0v) is 20.2. The maximum atomic E-state index is 13.3. The molecule has 9 heteroatoms. The highest BCUT2D eigenvalue weighted by molar-refractivity contribution is 7.84. The fourth-order valence-corrected chi connectivity index (χ4v) is 5.06. The van der Waals surface area contributed by atoms with Crippen LogP contribution in [-0.4, -0.2) is 45.5 Å². The van der Waals surface area contributed by atoms with Crippen molar-refractivity contribution in [3.8, 4) is 22.6 Å². The third kappa shape index (κ3) is 4.26. The van der Waals surface area contributed by atoms with E-state index in [1.54, 1.807) is 51.2 Å². The number of methoxy groups -OCH3 is 2. The van der Waals surface area contributed by atoms with Gasteiger partial charge in [-0.05, 0) is 19.1 Å². The molecule has 2 aromatic heterocycles. The Bertz CT molecular complexity index is 1380. The number of rotatable bonds is 8. The number of aryl methyl sites for hydroxylation is 1. The van der Waals surface area contributed by atoms with Gasteiger partial charge in [0.2, 0.25) is 0 Å². The summed E-state index contributed by atoms with van der Waals surface area (Å²) >= 11 is 0. The van der Waals surface area contributed by atoms with E-state index in [1.807, 2.05) is 36.4 Å². The van der Waals surface area contributed by atoms with Crippen molar-refractivity contribution in [2.45, 2.75) is 17.8 Å². The van der Waals surface area contributed by atoms with Gasteiger partial charge in [-0.1, -0.05) is 30.3 Å². The summed E-state index contributed by atoms with van der Waals surface area (Å²) in [6.07, 6.45) is 3.31. The molecule has 2 aromatic carbocycles. The molecule has 1 atom stereocenters. The van der Waals surface area contributed by atoms with Crippen molar-refractivity contribution in [1.82, 2.24) is 14.5 Å². The van der Waals surface area contributed by atoms with Crippen LogP contribution in [-0.2, 0) is 28.3 Å². The third-order valence-electron chi connectivity index (χ3n) is 5.37. The van der Waals surface area contributed by atoms with Crippen molar-refractivity contribution >= 4 is 27.7 Å². The summed E-state index contributed by atoms with van der Waals surface area (Å²) in [6, 6.07) is 12.9. The number of para-hydroxylation sites is 2. The van der Waals surface area contributed by atoms with Gasteiger partial charge in [0.15, 0.2) is 16.7 Å². The number of pyridine rings is 1. The Hall–Kier alpha value is -3.72. The van der Waals surface area contributed by atoms with Crippen molar-refractivity contribution in [1.29, 1.82) is 0 Å². The van der Waals surface area contributed by atoms with Crippen LogP contribution in [0.1, 0.15) is 23.0 Å². The summed E-state index contributed by atoms with van der Waals surface area (Å²) in [5.41, 5.74) is 2.49. The van der Waals surface area contributed by atoms with Crippen molar-refractivity contribution in [3.63, 3.8) is 0 Å². The number of esters is 1. The summed E-state index contributed by atoms with van der Waals surface area (Å²) in [5.74, 6) is 0.438. The molecule has 8 nitrogen and oxygen atoms in total. The largest absolute Gasteiger partial charge is 0.493 e. The number of nitrogens with zero attached hydrogens (tertiary/aromatic N) is 3. The van der Waals surface area contributed by atoms with Crippen molar-refractivity contribution in [3.05, 3.63) is 66.1 Å². The molecule has 0 spiro atoms. The van der Waals surface area contributed by atoms with E-state index in [9.17, 15) is 9.00 Å². The van der Waals surface area contributed by atoms with Crippen LogP contribution in [0.15, 0.2) is 60.0 Å². The number of carbonyl (C=O) groups is 1. The van der Waals surface area contributed by atoms with Crippen LogP contribution in [0.25, 0.3) is 22.0 Å². The number of aromatic nitrogens is 3. The van der Waals surface area contributed by atoms with E-state index < -0.39 is 16.8 Å². The molecule has 0 N–H and O–H groups in total. The lowest BCUT2D eigenvalue weighted by molar-refractivity contribution is 0.0526. The van der Waals surface area contributed by atoms with Crippen molar-refractivity contribution in [2.75, 3.05) is 20.8 Å². The van der Waals surface area contributed by atoms with E-state index in [1.165, 1.54) is 0 Å². The number of hydrogen-bond acceptors (Lipinski definition) is 7. The molecule has 34 heavy (non-hydrogen) atoms. The number of fused-ring (bicyclic) bond motifs is 1. The summed E-state index contributed by atoms with van der Waals surface area (Å²) < 4.78 is 31.5. The van der Waals surface area contributed by atoms with Gasteiger partial charge in [0.05, 0.1) is 54.2 Å². The van der Waals surface area contributed by atoms with Gasteiger partial charge in [-0.15, -0.1) is 0 Å². The predicted octanol–water partition coefficient (Wildman–Crippen LogP) is 4.14. The fraction of sp³-hybridized carbons (Fsp3) is 0.240. The average molecular weight is 480 g/mol. The molecule has 0 amide bonds. The minimum absolute atomic E-state index is 0.0108. The van der Waals surface area contributed by atoms with Gasteiger partial charge >= 0.3 is 5.97 Å². The van der Waals surface area contributed by atoms with Crippen LogP contribution in [0.2, 0.25) is 0 Å². The standard InChI is InChI=1S/C25H25N3O5S/c1-5-33-24(29)22-19(15-34(30)25-26-13-14-28(25)2)27-18-11-7-6-9-16(18)21(22)17-10-8-12-20(31-3)23(17)32-4/h6-14H,5,15H2,1-4H3. The van der Waals surface area contributed by atoms with E-state index in [4.69, 9.17) is 19.2 Å². The molecule has 4 aromatic rings. The third-order valence-corrected chi connectivity index (χ3v) is 6.70. The van der Waals surface area contributed by atoms with Crippen molar-refractivity contribution < 1.29 is 23.2 Å². The Morgan fingerprint density at radius 3 is 2.56 bits per heavy atom. The highest BCUT2D eigenvalue weighted by Crippen LogP contribution is 2.43. The first-order valence-electron chi connectivity index (χ1n) is 10.7. The molecule has 176 valence electrons. The quantitative estimate of drug-likeness (QED) is 0.351. The molecule has 0 saturated carbocycles. The van der Waals surface area contributed by atoms with Crippen molar-refractivity contribution in [2.24, 2.45) is 7.05 Å². The van der Waals surface area contributed by atoms with E-state index in [2.05, 4.69) is 4.98 Å². The van der Waals surface area contributed by atoms with Crippen LogP contribution < -0.4 is 9.47 Å². The highest BCUT2D eigenvalue weighted by Gasteiger charge is 2.27. The molecule has 1 unspecified atom stereocenters. The molecule has 0 aliphatic carbocycles. The lowest BCUT2D eigenvalue weighted by Crippen LogP contribution is -2.15. The fourth-order valence-electron chi connectivity index (χ4n) is 3.91. The average Bonchev–Trinajstić information content (AvgIpc) is 3.28. The summed E-state index contributed by atoms with van der Waals surface area (Å²) in [7, 11) is 3.33. The van der Waals surface area contributed by atoms with Crippen LogP contribution in [0.3, 0.4) is 0 Å². The number of benzene rings is 2. The SMILES string of the molecule is CCOC(=O)c1c(CS(=O)c2nccn2C)nc2ccccc2c1-c1cccc(OC)c1OC. The zero-order chi connectivity index (χ0) is 24.2. The maximum Gasteiger partial charge on any atom is 0.340 e.